The van der Waals surface area contributed by atoms with Crippen molar-refractivity contribution in [2.24, 2.45) is 0 Å². The fourth-order valence-corrected chi connectivity index (χ4v) is 5.54. The van der Waals surface area contributed by atoms with E-state index in [2.05, 4.69) is 4.90 Å². The Morgan fingerprint density at radius 3 is 2.58 bits per heavy atom. The highest BCUT2D eigenvalue weighted by molar-refractivity contribution is 7.89. The molecular formula is C12H19ClN2O2S2. The molecule has 0 atom stereocenters. The zero-order valence-corrected chi connectivity index (χ0v) is 13.6. The smallest absolute Gasteiger partial charge is 0.244 e. The van der Waals surface area contributed by atoms with E-state index in [1.807, 2.05) is 14.1 Å². The van der Waals surface area contributed by atoms with Crippen LogP contribution in [0.25, 0.3) is 0 Å². The van der Waals surface area contributed by atoms with Crippen molar-refractivity contribution in [3.63, 3.8) is 0 Å². The first-order chi connectivity index (χ1) is 8.96. The van der Waals surface area contributed by atoms with Crippen LogP contribution in [0.4, 0.5) is 0 Å². The largest absolute Gasteiger partial charge is 0.306 e. The molecule has 1 saturated heterocycles. The molecule has 0 N–H and O–H groups in total. The van der Waals surface area contributed by atoms with Crippen molar-refractivity contribution in [1.29, 1.82) is 0 Å². The Morgan fingerprint density at radius 2 is 2.05 bits per heavy atom. The van der Waals surface area contributed by atoms with E-state index >= 15 is 0 Å². The van der Waals surface area contributed by atoms with E-state index in [0.29, 0.717) is 24.0 Å². The Kier molecular flexibility index (Phi) is 4.89. The van der Waals surface area contributed by atoms with Crippen LogP contribution < -0.4 is 0 Å². The lowest BCUT2D eigenvalue weighted by atomic mass is 10.1. The van der Waals surface area contributed by atoms with Gasteiger partial charge in [0.15, 0.2) is 0 Å². The molecule has 1 fully saturated rings. The lowest BCUT2D eigenvalue weighted by molar-refractivity contribution is 0.196. The topological polar surface area (TPSA) is 40.6 Å². The van der Waals surface area contributed by atoms with Gasteiger partial charge in [-0.15, -0.1) is 22.9 Å². The third kappa shape index (κ3) is 3.13. The molecule has 108 valence electrons. The van der Waals surface area contributed by atoms with Gasteiger partial charge in [0.25, 0.3) is 0 Å². The zero-order chi connectivity index (χ0) is 14.0. The van der Waals surface area contributed by atoms with Crippen LogP contribution in [0.3, 0.4) is 0 Å². The van der Waals surface area contributed by atoms with Gasteiger partial charge in [-0.05, 0) is 38.4 Å². The molecule has 0 spiro atoms. The molecular weight excluding hydrogens is 304 g/mol. The Hall–Kier alpha value is -0.140. The van der Waals surface area contributed by atoms with E-state index in [0.717, 1.165) is 17.7 Å². The monoisotopic (exact) mass is 322 g/mol. The van der Waals surface area contributed by atoms with Crippen molar-refractivity contribution >= 4 is 33.0 Å². The predicted octanol–water partition coefficient (Wildman–Crippen LogP) is 2.20. The van der Waals surface area contributed by atoms with Crippen molar-refractivity contribution in [3.05, 3.63) is 16.3 Å². The quantitative estimate of drug-likeness (QED) is 0.798. The minimum Gasteiger partial charge on any atom is -0.306 e. The van der Waals surface area contributed by atoms with Gasteiger partial charge in [0.1, 0.15) is 0 Å². The second kappa shape index (κ2) is 6.10. The molecule has 0 unspecified atom stereocenters. The van der Waals surface area contributed by atoms with E-state index in [9.17, 15) is 8.42 Å². The van der Waals surface area contributed by atoms with E-state index in [-0.39, 0.29) is 5.88 Å². The lowest BCUT2D eigenvalue weighted by Crippen LogP contribution is -2.44. The van der Waals surface area contributed by atoms with Gasteiger partial charge >= 0.3 is 0 Å². The first-order valence-corrected chi connectivity index (χ1v) is 9.11. The molecule has 2 rings (SSSR count). The van der Waals surface area contributed by atoms with Crippen LogP contribution in [0, 0.1) is 0 Å². The maximum absolute atomic E-state index is 12.6. The number of hydrogen-bond donors (Lipinski definition) is 0. The van der Waals surface area contributed by atoms with Gasteiger partial charge in [-0.2, -0.15) is 4.31 Å². The van der Waals surface area contributed by atoms with Crippen LogP contribution in [0.2, 0.25) is 0 Å². The minimum atomic E-state index is -3.37. The Labute approximate surface area is 124 Å². The highest BCUT2D eigenvalue weighted by Gasteiger charge is 2.31. The van der Waals surface area contributed by atoms with E-state index in [4.69, 9.17) is 11.6 Å². The van der Waals surface area contributed by atoms with Gasteiger partial charge in [-0.25, -0.2) is 8.42 Å². The molecule has 1 aromatic heterocycles. The summed E-state index contributed by atoms with van der Waals surface area (Å²) in [5.74, 6) is 0.250. The van der Waals surface area contributed by atoms with Crippen LogP contribution in [0.5, 0.6) is 0 Å². The fraction of sp³-hybridized carbons (Fsp3) is 0.667. The van der Waals surface area contributed by atoms with Gasteiger partial charge < -0.3 is 4.90 Å². The SMILES string of the molecule is CN(C)C1CCN(S(=O)(=O)c2ccsc2CCl)CC1. The molecule has 0 amide bonds. The Balaban J connectivity index is 2.14. The molecule has 1 aliphatic heterocycles. The van der Waals surface area contributed by atoms with Gasteiger partial charge in [-0.3, -0.25) is 0 Å². The third-order valence-corrected chi connectivity index (χ3v) is 7.06. The van der Waals surface area contributed by atoms with E-state index < -0.39 is 10.0 Å². The summed E-state index contributed by atoms with van der Waals surface area (Å²) in [5, 5.41) is 1.79. The van der Waals surface area contributed by atoms with Crippen LogP contribution in [0.15, 0.2) is 16.3 Å². The number of piperidine rings is 1. The van der Waals surface area contributed by atoms with Gasteiger partial charge in [-0.1, -0.05) is 0 Å². The molecule has 19 heavy (non-hydrogen) atoms. The number of nitrogens with zero attached hydrogens (tertiary/aromatic N) is 2. The molecule has 1 aromatic rings. The summed E-state index contributed by atoms with van der Waals surface area (Å²) in [5.41, 5.74) is 0. The highest BCUT2D eigenvalue weighted by Crippen LogP contribution is 2.28. The van der Waals surface area contributed by atoms with Crippen molar-refractivity contribution in [2.45, 2.75) is 29.7 Å². The summed E-state index contributed by atoms with van der Waals surface area (Å²) in [6.45, 7) is 1.17. The molecule has 0 saturated carbocycles. The minimum absolute atomic E-state index is 0.250. The lowest BCUT2D eigenvalue weighted by Gasteiger charge is -2.34. The molecule has 0 bridgehead atoms. The number of rotatable bonds is 4. The number of hydrogen-bond acceptors (Lipinski definition) is 4. The summed E-state index contributed by atoms with van der Waals surface area (Å²) in [6, 6.07) is 2.14. The maximum atomic E-state index is 12.6. The molecule has 1 aliphatic rings. The number of alkyl halides is 1. The molecule has 2 heterocycles. The van der Waals surface area contributed by atoms with Crippen LogP contribution in [-0.2, 0) is 15.9 Å². The normalized spacial score (nSPS) is 19.2. The molecule has 4 nitrogen and oxygen atoms in total. The summed E-state index contributed by atoms with van der Waals surface area (Å²) in [6.07, 6.45) is 1.76. The molecule has 0 radical (unpaired) electrons. The molecule has 0 aromatic carbocycles. The first-order valence-electron chi connectivity index (χ1n) is 6.25. The van der Waals surface area contributed by atoms with Gasteiger partial charge in [0.05, 0.1) is 10.8 Å². The van der Waals surface area contributed by atoms with Crippen LogP contribution >= 0.6 is 22.9 Å². The molecule has 0 aliphatic carbocycles. The third-order valence-electron chi connectivity index (χ3n) is 3.60. The van der Waals surface area contributed by atoms with Crippen LogP contribution in [-0.4, -0.2) is 50.8 Å². The van der Waals surface area contributed by atoms with Crippen molar-refractivity contribution < 1.29 is 8.42 Å². The fourth-order valence-electron chi connectivity index (χ4n) is 2.39. The average Bonchev–Trinajstić information content (AvgIpc) is 2.87. The number of thiophene rings is 1. The van der Waals surface area contributed by atoms with E-state index in [1.165, 1.54) is 11.3 Å². The van der Waals surface area contributed by atoms with Crippen LogP contribution in [0.1, 0.15) is 17.7 Å². The standard InChI is InChI=1S/C12H19ClN2O2S2/c1-14(2)10-3-6-15(7-4-10)19(16,17)12-5-8-18-11(12)9-13/h5,8,10H,3-4,6-7,9H2,1-2H3. The predicted molar refractivity (Wildman–Crippen MR) is 79.3 cm³/mol. The summed E-state index contributed by atoms with van der Waals surface area (Å²) in [4.78, 5) is 3.28. The number of sulfonamides is 1. The maximum Gasteiger partial charge on any atom is 0.244 e. The van der Waals surface area contributed by atoms with Crippen molar-refractivity contribution in [3.8, 4) is 0 Å². The van der Waals surface area contributed by atoms with E-state index in [1.54, 1.807) is 15.8 Å². The summed E-state index contributed by atoms with van der Waals surface area (Å²) < 4.78 is 26.7. The Morgan fingerprint density at radius 1 is 1.42 bits per heavy atom. The van der Waals surface area contributed by atoms with Crippen molar-refractivity contribution in [2.75, 3.05) is 27.2 Å². The van der Waals surface area contributed by atoms with Crippen molar-refractivity contribution in [1.82, 2.24) is 9.21 Å². The second-order valence-corrected chi connectivity index (χ2v) is 8.11. The second-order valence-electron chi connectivity index (χ2n) is 4.94. The first kappa shape index (κ1) is 15.3. The summed E-state index contributed by atoms with van der Waals surface area (Å²) >= 11 is 7.20. The average molecular weight is 323 g/mol. The van der Waals surface area contributed by atoms with Gasteiger partial charge in [0.2, 0.25) is 10.0 Å². The molecule has 7 heteroatoms. The van der Waals surface area contributed by atoms with Gasteiger partial charge in [0, 0.05) is 24.0 Å². The highest BCUT2D eigenvalue weighted by atomic mass is 35.5. The summed E-state index contributed by atoms with van der Waals surface area (Å²) in [7, 11) is 0.712. The zero-order valence-electron chi connectivity index (χ0n) is 11.2. The number of halogens is 1. The Bertz CT molecular complexity index is 520.